The third-order valence-electron chi connectivity index (χ3n) is 6.72. The minimum atomic E-state index is -4.53. The number of ether oxygens (including phenoxy) is 2. The van der Waals surface area contributed by atoms with Crippen LogP contribution in [0.3, 0.4) is 0 Å². The summed E-state index contributed by atoms with van der Waals surface area (Å²) in [6, 6.07) is 9.12. The van der Waals surface area contributed by atoms with Gasteiger partial charge in [0.1, 0.15) is 17.7 Å². The van der Waals surface area contributed by atoms with Crippen LogP contribution in [0.1, 0.15) is 24.2 Å². The summed E-state index contributed by atoms with van der Waals surface area (Å²) < 4.78 is 54.2. The van der Waals surface area contributed by atoms with Gasteiger partial charge >= 0.3 is 6.18 Å². The predicted molar refractivity (Wildman–Crippen MR) is 130 cm³/mol. The molecule has 2 aliphatic rings. The molecule has 37 heavy (non-hydrogen) atoms. The third-order valence-corrected chi connectivity index (χ3v) is 6.72. The molecule has 6 heterocycles. The quantitative estimate of drug-likeness (QED) is 0.415. The van der Waals surface area contributed by atoms with Crippen LogP contribution < -0.4 is 15.4 Å². The molecule has 4 aromatic heterocycles. The van der Waals surface area contributed by atoms with Crippen molar-refractivity contribution in [1.29, 1.82) is 0 Å². The van der Waals surface area contributed by atoms with Crippen molar-refractivity contribution < 1.29 is 22.6 Å². The Kier molecular flexibility index (Phi) is 5.80. The summed E-state index contributed by atoms with van der Waals surface area (Å²) in [7, 11) is 1.45. The van der Waals surface area contributed by atoms with E-state index in [0.717, 1.165) is 45.9 Å². The Morgan fingerprint density at radius 3 is 2.62 bits per heavy atom. The van der Waals surface area contributed by atoms with Crippen molar-refractivity contribution in [3.63, 3.8) is 0 Å². The van der Waals surface area contributed by atoms with Crippen molar-refractivity contribution in [2.24, 2.45) is 7.05 Å². The van der Waals surface area contributed by atoms with Gasteiger partial charge in [0.25, 0.3) is 0 Å². The van der Waals surface area contributed by atoms with E-state index in [4.69, 9.17) is 9.47 Å². The van der Waals surface area contributed by atoms with E-state index in [1.165, 1.54) is 7.05 Å². The van der Waals surface area contributed by atoms with E-state index in [9.17, 15) is 13.2 Å². The maximum atomic E-state index is 13.1. The van der Waals surface area contributed by atoms with E-state index in [-0.39, 0.29) is 24.0 Å². The monoisotopic (exact) mass is 513 g/mol. The fourth-order valence-electron chi connectivity index (χ4n) is 5.07. The fraction of sp³-hybridized carbons (Fsp3) is 0.400. The molecule has 2 unspecified atom stereocenters. The second-order valence-electron chi connectivity index (χ2n) is 9.57. The number of nitrogens with zero attached hydrogens (tertiary/aromatic N) is 5. The molecule has 2 atom stereocenters. The molecule has 0 saturated carbocycles. The highest BCUT2D eigenvalue weighted by molar-refractivity contribution is 5.85. The number of nitrogens with one attached hydrogen (secondary N) is 2. The third kappa shape index (κ3) is 4.74. The van der Waals surface area contributed by atoms with E-state index >= 15 is 0 Å². The van der Waals surface area contributed by atoms with Crippen molar-refractivity contribution >= 4 is 17.2 Å². The topological polar surface area (TPSA) is 90.5 Å². The molecule has 0 radical (unpaired) electrons. The highest BCUT2D eigenvalue weighted by Crippen LogP contribution is 2.36. The average Bonchev–Trinajstić information content (AvgIpc) is 3.43. The van der Waals surface area contributed by atoms with Crippen LogP contribution in [0.15, 0.2) is 42.7 Å². The number of aryl methyl sites for hydroxylation is 2. The zero-order valence-electron chi connectivity index (χ0n) is 20.3. The van der Waals surface area contributed by atoms with E-state index < -0.39 is 11.9 Å². The van der Waals surface area contributed by atoms with Gasteiger partial charge in [0, 0.05) is 67.1 Å². The largest absolute Gasteiger partial charge is 0.488 e. The number of hydrogen-bond acceptors (Lipinski definition) is 7. The SMILES string of the molecule is Cc1cc(-c2cccn3nc(Nc4cc(C(F)(F)F)nn4C)cc23)c(OC2CC3COCC(C2)N3)cn1. The van der Waals surface area contributed by atoms with Crippen LogP contribution in [0.25, 0.3) is 16.6 Å². The first kappa shape index (κ1) is 23.7. The maximum absolute atomic E-state index is 13.1. The van der Waals surface area contributed by atoms with Crippen molar-refractivity contribution in [3.8, 4) is 16.9 Å². The van der Waals surface area contributed by atoms with E-state index in [0.29, 0.717) is 24.8 Å². The zero-order valence-corrected chi connectivity index (χ0v) is 20.3. The number of alkyl halides is 3. The van der Waals surface area contributed by atoms with Crippen LogP contribution in [0, 0.1) is 6.92 Å². The van der Waals surface area contributed by atoms with Gasteiger partial charge in [0.05, 0.1) is 24.9 Å². The van der Waals surface area contributed by atoms with Crippen molar-refractivity contribution in [3.05, 3.63) is 54.1 Å². The standard InChI is InChI=1S/C25H26F3N7O2/c1-14-6-19(21(11-29-14)37-17-7-15-12-36-13-16(8-17)30-15)18-4-3-5-35-20(18)9-23(33-35)31-24-10-22(25(26,27)28)32-34(24)2/h3-6,9-11,15-17,30H,7-8,12-13H2,1-2H3,(H,31,33). The second-order valence-corrected chi connectivity index (χ2v) is 9.57. The van der Waals surface area contributed by atoms with Gasteiger partial charge in [-0.15, -0.1) is 0 Å². The molecule has 2 bridgehead atoms. The number of anilines is 2. The Morgan fingerprint density at radius 2 is 1.89 bits per heavy atom. The van der Waals surface area contributed by atoms with Crippen molar-refractivity contribution in [2.45, 2.75) is 44.1 Å². The molecule has 2 aliphatic heterocycles. The van der Waals surface area contributed by atoms with Crippen molar-refractivity contribution in [2.75, 3.05) is 18.5 Å². The Balaban J connectivity index is 1.32. The Morgan fingerprint density at radius 1 is 1.11 bits per heavy atom. The summed E-state index contributed by atoms with van der Waals surface area (Å²) in [5, 5.41) is 14.6. The highest BCUT2D eigenvalue weighted by Gasteiger charge is 2.35. The summed E-state index contributed by atoms with van der Waals surface area (Å²) in [4.78, 5) is 4.47. The smallest absolute Gasteiger partial charge is 0.435 e. The van der Waals surface area contributed by atoms with Crippen LogP contribution in [0.4, 0.5) is 24.8 Å². The molecule has 194 valence electrons. The number of pyridine rings is 2. The number of piperidine rings is 1. The molecule has 4 aromatic rings. The van der Waals surface area contributed by atoms with Gasteiger partial charge in [-0.3, -0.25) is 9.67 Å². The molecular weight excluding hydrogens is 487 g/mol. The Bertz CT molecular complexity index is 1440. The van der Waals surface area contributed by atoms with Crippen molar-refractivity contribution in [1.82, 2.24) is 29.7 Å². The zero-order chi connectivity index (χ0) is 25.7. The number of rotatable bonds is 5. The Labute approximate surface area is 210 Å². The number of morpholine rings is 1. The van der Waals surface area contributed by atoms with E-state index in [1.54, 1.807) is 23.0 Å². The lowest BCUT2D eigenvalue weighted by atomic mass is 9.94. The highest BCUT2D eigenvalue weighted by atomic mass is 19.4. The van der Waals surface area contributed by atoms with Gasteiger partial charge in [-0.2, -0.15) is 23.4 Å². The molecule has 0 amide bonds. The van der Waals surface area contributed by atoms with Gasteiger partial charge < -0.3 is 20.1 Å². The van der Waals surface area contributed by atoms with Gasteiger partial charge in [-0.25, -0.2) is 4.52 Å². The van der Waals surface area contributed by atoms with E-state index in [2.05, 4.69) is 25.8 Å². The minimum Gasteiger partial charge on any atom is -0.488 e. The molecule has 0 aliphatic carbocycles. The van der Waals surface area contributed by atoms with Crippen LogP contribution in [-0.4, -0.2) is 55.8 Å². The van der Waals surface area contributed by atoms with Crippen LogP contribution in [0.5, 0.6) is 5.75 Å². The average molecular weight is 514 g/mol. The normalized spacial score (nSPS) is 21.8. The van der Waals surface area contributed by atoms with E-state index in [1.807, 2.05) is 25.1 Å². The fourth-order valence-corrected chi connectivity index (χ4v) is 5.07. The molecule has 2 saturated heterocycles. The van der Waals surface area contributed by atoms with Gasteiger partial charge in [-0.1, -0.05) is 6.07 Å². The molecule has 0 spiro atoms. The first-order valence-electron chi connectivity index (χ1n) is 12.1. The van der Waals surface area contributed by atoms with Gasteiger partial charge in [0.2, 0.25) is 0 Å². The summed E-state index contributed by atoms with van der Waals surface area (Å²) in [6.45, 7) is 3.28. The molecule has 6 rings (SSSR count). The van der Waals surface area contributed by atoms with Gasteiger partial charge in [0.15, 0.2) is 11.5 Å². The predicted octanol–water partition coefficient (Wildman–Crippen LogP) is 4.10. The molecule has 0 aromatic carbocycles. The number of halogens is 3. The molecule has 2 N–H and O–H groups in total. The number of hydrogen-bond donors (Lipinski definition) is 2. The maximum Gasteiger partial charge on any atom is 0.435 e. The summed E-state index contributed by atoms with van der Waals surface area (Å²) in [5.41, 5.74) is 2.40. The molecular formula is C25H26F3N7O2. The lowest BCUT2D eigenvalue weighted by molar-refractivity contribution is -0.141. The molecule has 9 nitrogen and oxygen atoms in total. The number of aromatic nitrogens is 5. The summed E-state index contributed by atoms with van der Waals surface area (Å²) in [6.07, 6.45) is 0.750. The van der Waals surface area contributed by atoms with Crippen LogP contribution >= 0.6 is 0 Å². The Hall–Kier alpha value is -3.64. The lowest BCUT2D eigenvalue weighted by Gasteiger charge is -2.40. The first-order valence-corrected chi connectivity index (χ1v) is 12.1. The first-order chi connectivity index (χ1) is 17.7. The summed E-state index contributed by atoms with van der Waals surface area (Å²) in [5.74, 6) is 1.26. The minimum absolute atomic E-state index is 0.0398. The van der Waals surface area contributed by atoms with Gasteiger partial charge in [-0.05, 0) is 19.1 Å². The lowest BCUT2D eigenvalue weighted by Crippen LogP contribution is -2.56. The molecule has 2 fully saturated rings. The van der Waals surface area contributed by atoms with Crippen LogP contribution in [-0.2, 0) is 18.0 Å². The number of fused-ring (bicyclic) bond motifs is 3. The van der Waals surface area contributed by atoms with Crippen LogP contribution in [0.2, 0.25) is 0 Å². The molecule has 12 heteroatoms. The second kappa shape index (κ2) is 9.03. The summed E-state index contributed by atoms with van der Waals surface area (Å²) >= 11 is 0.